The molecule has 0 saturated heterocycles. The van der Waals surface area contributed by atoms with Crippen LogP contribution in [0.15, 0.2) is 35.3 Å². The van der Waals surface area contributed by atoms with Crippen LogP contribution >= 0.6 is 0 Å². The van der Waals surface area contributed by atoms with Crippen molar-refractivity contribution in [1.29, 1.82) is 0 Å². The maximum Gasteiger partial charge on any atom is 0.586 e. The summed E-state index contributed by atoms with van der Waals surface area (Å²) >= 11 is 0. The van der Waals surface area contributed by atoms with Crippen LogP contribution in [0.2, 0.25) is 0 Å². The Hall–Kier alpha value is -3.23. The van der Waals surface area contributed by atoms with Gasteiger partial charge in [-0.25, -0.2) is 9.78 Å². The third-order valence-corrected chi connectivity index (χ3v) is 3.58. The van der Waals surface area contributed by atoms with Crippen molar-refractivity contribution < 1.29 is 27.8 Å². The number of rotatable bonds is 1. The number of alkyl halides is 2. The van der Waals surface area contributed by atoms with E-state index in [0.29, 0.717) is 0 Å². The van der Waals surface area contributed by atoms with Gasteiger partial charge in [0.1, 0.15) is 11.1 Å². The lowest BCUT2D eigenvalue weighted by Gasteiger charge is -2.08. The molecule has 24 heavy (non-hydrogen) atoms. The summed E-state index contributed by atoms with van der Waals surface area (Å²) in [5.74, 6) is -1.30. The van der Waals surface area contributed by atoms with E-state index in [0.717, 1.165) is 4.40 Å². The Kier molecular flexibility index (Phi) is 2.77. The standard InChI is InChI=1S/C15H8F2N2O5/c1-22-14(21)8-3-2-6-19-12(8)18-10-7(13(19)20)4-5-9-11(10)24-15(16,17)23-9/h2-6H,1H3. The number of methoxy groups -OCH3 is 1. The van der Waals surface area contributed by atoms with Crippen molar-refractivity contribution >= 4 is 22.5 Å². The van der Waals surface area contributed by atoms with Gasteiger partial charge in [-0.15, -0.1) is 8.78 Å². The average Bonchev–Trinajstić information content (AvgIpc) is 2.88. The van der Waals surface area contributed by atoms with Crippen molar-refractivity contribution in [3.63, 3.8) is 0 Å². The van der Waals surface area contributed by atoms with Crippen LogP contribution in [0.5, 0.6) is 11.5 Å². The van der Waals surface area contributed by atoms with E-state index in [1.54, 1.807) is 0 Å². The van der Waals surface area contributed by atoms with Crippen molar-refractivity contribution in [2.75, 3.05) is 7.11 Å². The third kappa shape index (κ3) is 1.91. The number of aromatic nitrogens is 2. The monoisotopic (exact) mass is 334 g/mol. The number of pyridine rings is 1. The van der Waals surface area contributed by atoms with E-state index in [1.807, 2.05) is 0 Å². The molecule has 122 valence electrons. The van der Waals surface area contributed by atoms with Crippen molar-refractivity contribution in [3.05, 3.63) is 46.4 Å². The van der Waals surface area contributed by atoms with E-state index in [-0.39, 0.29) is 33.6 Å². The van der Waals surface area contributed by atoms with Gasteiger partial charge in [0.05, 0.1) is 12.5 Å². The zero-order valence-electron chi connectivity index (χ0n) is 12.1. The molecule has 3 aromatic rings. The van der Waals surface area contributed by atoms with E-state index in [2.05, 4.69) is 19.2 Å². The van der Waals surface area contributed by atoms with E-state index >= 15 is 0 Å². The van der Waals surface area contributed by atoms with Gasteiger partial charge < -0.3 is 14.2 Å². The van der Waals surface area contributed by atoms with E-state index in [9.17, 15) is 18.4 Å². The quantitative estimate of drug-likeness (QED) is 0.500. The first kappa shape index (κ1) is 14.4. The molecule has 1 aliphatic heterocycles. The number of benzene rings is 1. The second kappa shape index (κ2) is 4.63. The van der Waals surface area contributed by atoms with E-state index in [1.165, 1.54) is 37.6 Å². The highest BCUT2D eigenvalue weighted by Gasteiger charge is 2.44. The van der Waals surface area contributed by atoms with Crippen molar-refractivity contribution in [3.8, 4) is 11.5 Å². The summed E-state index contributed by atoms with van der Waals surface area (Å²) in [6.45, 7) is 0. The molecule has 0 N–H and O–H groups in total. The number of esters is 1. The van der Waals surface area contributed by atoms with Crippen LogP contribution in [-0.2, 0) is 4.74 Å². The Balaban J connectivity index is 2.13. The molecule has 0 aliphatic carbocycles. The molecule has 1 aromatic carbocycles. The summed E-state index contributed by atoms with van der Waals surface area (Å²) in [7, 11) is 1.18. The number of hydrogen-bond acceptors (Lipinski definition) is 6. The maximum atomic E-state index is 13.3. The summed E-state index contributed by atoms with van der Waals surface area (Å²) in [4.78, 5) is 28.6. The van der Waals surface area contributed by atoms with E-state index in [4.69, 9.17) is 0 Å². The minimum absolute atomic E-state index is 0.0160. The Morgan fingerprint density at radius 1 is 1.29 bits per heavy atom. The summed E-state index contributed by atoms with van der Waals surface area (Å²) in [6, 6.07) is 5.41. The molecule has 0 fully saturated rings. The number of halogens is 2. The summed E-state index contributed by atoms with van der Waals surface area (Å²) in [5, 5.41) is 0.0505. The first-order valence-corrected chi connectivity index (χ1v) is 6.73. The molecule has 2 aromatic heterocycles. The fourth-order valence-electron chi connectivity index (χ4n) is 2.57. The van der Waals surface area contributed by atoms with Gasteiger partial charge in [0.25, 0.3) is 5.56 Å². The zero-order chi connectivity index (χ0) is 17.1. The molecular weight excluding hydrogens is 326 g/mol. The van der Waals surface area contributed by atoms with Crippen LogP contribution < -0.4 is 15.0 Å². The highest BCUT2D eigenvalue weighted by molar-refractivity contribution is 5.97. The number of fused-ring (bicyclic) bond motifs is 4. The zero-order valence-corrected chi connectivity index (χ0v) is 12.1. The molecule has 0 bridgehead atoms. The summed E-state index contributed by atoms with van der Waals surface area (Å²) in [5.41, 5.74) is -0.676. The minimum Gasteiger partial charge on any atom is -0.465 e. The lowest BCUT2D eigenvalue weighted by molar-refractivity contribution is -0.286. The molecule has 0 amide bonds. The molecule has 0 unspecified atom stereocenters. The first-order chi connectivity index (χ1) is 11.4. The topological polar surface area (TPSA) is 79.1 Å². The summed E-state index contributed by atoms with van der Waals surface area (Å²) < 4.78 is 41.2. The number of carbonyl (C=O) groups excluding carboxylic acids is 1. The predicted molar refractivity (Wildman–Crippen MR) is 76.5 cm³/mol. The van der Waals surface area contributed by atoms with Gasteiger partial charge in [-0.3, -0.25) is 9.20 Å². The van der Waals surface area contributed by atoms with Gasteiger partial charge in [-0.2, -0.15) is 0 Å². The molecule has 9 heteroatoms. The second-order valence-electron chi connectivity index (χ2n) is 4.98. The molecule has 4 rings (SSSR count). The third-order valence-electron chi connectivity index (χ3n) is 3.58. The smallest absolute Gasteiger partial charge is 0.465 e. The molecule has 0 saturated carbocycles. The highest BCUT2D eigenvalue weighted by Crippen LogP contribution is 2.44. The Bertz CT molecular complexity index is 1080. The first-order valence-electron chi connectivity index (χ1n) is 6.73. The molecule has 0 spiro atoms. The van der Waals surface area contributed by atoms with Gasteiger partial charge in [-0.1, -0.05) is 0 Å². The van der Waals surface area contributed by atoms with E-state index < -0.39 is 17.8 Å². The maximum absolute atomic E-state index is 13.3. The van der Waals surface area contributed by atoms with Gasteiger partial charge in [-0.05, 0) is 24.3 Å². The van der Waals surface area contributed by atoms with Crippen LogP contribution in [0.3, 0.4) is 0 Å². The molecule has 1 aliphatic rings. The highest BCUT2D eigenvalue weighted by atomic mass is 19.3. The van der Waals surface area contributed by atoms with Crippen molar-refractivity contribution in [2.45, 2.75) is 6.29 Å². The van der Waals surface area contributed by atoms with Crippen molar-refractivity contribution in [2.24, 2.45) is 0 Å². The Labute approximate surface area is 132 Å². The predicted octanol–water partition coefficient (Wildman–Crippen LogP) is 1.96. The fourth-order valence-corrected chi connectivity index (χ4v) is 2.57. The SMILES string of the molecule is COC(=O)c1cccn2c(=O)c3ccc4c(c3nc12)OC(F)(F)O4. The lowest BCUT2D eigenvalue weighted by Crippen LogP contribution is -2.26. The Morgan fingerprint density at radius 2 is 2.08 bits per heavy atom. The fraction of sp³-hybridized carbons (Fsp3) is 0.133. The van der Waals surface area contributed by atoms with Gasteiger partial charge >= 0.3 is 12.3 Å². The average molecular weight is 334 g/mol. The Morgan fingerprint density at radius 3 is 2.83 bits per heavy atom. The molecule has 7 nitrogen and oxygen atoms in total. The lowest BCUT2D eigenvalue weighted by atomic mass is 10.2. The number of hydrogen-bond donors (Lipinski definition) is 0. The minimum atomic E-state index is -3.84. The van der Waals surface area contributed by atoms with Crippen LogP contribution in [0.1, 0.15) is 10.4 Å². The van der Waals surface area contributed by atoms with Crippen LogP contribution in [0.25, 0.3) is 16.6 Å². The molecule has 0 atom stereocenters. The van der Waals surface area contributed by atoms with Crippen molar-refractivity contribution in [1.82, 2.24) is 9.38 Å². The van der Waals surface area contributed by atoms with Gasteiger partial charge in [0, 0.05) is 6.20 Å². The second-order valence-corrected chi connectivity index (χ2v) is 4.98. The normalized spacial score (nSPS) is 15.0. The van der Waals surface area contributed by atoms with Crippen LogP contribution in [0.4, 0.5) is 8.78 Å². The van der Waals surface area contributed by atoms with Gasteiger partial charge in [0.2, 0.25) is 0 Å². The van der Waals surface area contributed by atoms with Crippen LogP contribution in [0, 0.1) is 0 Å². The summed E-state index contributed by atoms with van der Waals surface area (Å²) in [6.07, 6.45) is -2.43. The van der Waals surface area contributed by atoms with Gasteiger partial charge in [0.15, 0.2) is 17.1 Å². The van der Waals surface area contributed by atoms with Crippen LogP contribution in [-0.4, -0.2) is 28.8 Å². The number of nitrogens with zero attached hydrogens (tertiary/aromatic N) is 2. The largest absolute Gasteiger partial charge is 0.586 e. The molecule has 0 radical (unpaired) electrons. The number of carbonyl (C=O) groups is 1. The molecule has 3 heterocycles. The molecular formula is C15H8F2N2O5. The number of ether oxygens (including phenoxy) is 3.